The number of halogens is 2. The summed E-state index contributed by atoms with van der Waals surface area (Å²) in [6.07, 6.45) is 2.64. The molecular formula is C25H19Br2N5O4. The number of amides is 1. The van der Waals surface area contributed by atoms with E-state index in [2.05, 4.69) is 47.5 Å². The Morgan fingerprint density at radius 1 is 1.06 bits per heavy atom. The Labute approximate surface area is 223 Å². The molecule has 0 unspecified atom stereocenters. The fourth-order valence-electron chi connectivity index (χ4n) is 3.28. The third kappa shape index (κ3) is 6.64. The summed E-state index contributed by atoms with van der Waals surface area (Å²) in [4.78, 5) is 23.5. The van der Waals surface area contributed by atoms with Crippen molar-refractivity contribution in [3.05, 3.63) is 120 Å². The second-order valence-electron chi connectivity index (χ2n) is 7.60. The van der Waals surface area contributed by atoms with Crippen LogP contribution in [-0.2, 0) is 13.2 Å². The minimum atomic E-state index is -0.792. The summed E-state index contributed by atoms with van der Waals surface area (Å²) in [5, 5.41) is 19.6. The Hall–Kier alpha value is -3.83. The lowest BCUT2D eigenvalue weighted by molar-refractivity contribution is -0.385. The van der Waals surface area contributed by atoms with Gasteiger partial charge in [-0.25, -0.2) is 5.43 Å². The molecule has 1 aromatic heterocycles. The molecular weight excluding hydrogens is 594 g/mol. The van der Waals surface area contributed by atoms with Crippen LogP contribution in [0.25, 0.3) is 0 Å². The van der Waals surface area contributed by atoms with Crippen molar-refractivity contribution in [2.75, 3.05) is 0 Å². The lowest BCUT2D eigenvalue weighted by Crippen LogP contribution is -2.20. The molecule has 0 spiro atoms. The number of aromatic nitrogens is 2. The molecule has 4 aromatic rings. The molecule has 36 heavy (non-hydrogen) atoms. The standard InChI is InChI=1S/C25H19Br2N5O4/c26-20-10-8-17(9-11-20)16-36-23-7-2-1-5-19(23)13-28-29-25(33)24-22(32(34)35)15-31(30-24)14-18-4-3-6-21(27)12-18/h1-13,15H,14,16H2,(H,29,33)/b28-13-. The van der Waals surface area contributed by atoms with Crippen molar-refractivity contribution in [3.8, 4) is 5.75 Å². The normalized spacial score (nSPS) is 10.9. The van der Waals surface area contributed by atoms with Gasteiger partial charge in [-0.1, -0.05) is 68.3 Å². The summed E-state index contributed by atoms with van der Waals surface area (Å²) in [7, 11) is 0. The number of carbonyl (C=O) groups excluding carboxylic acids is 1. The van der Waals surface area contributed by atoms with E-state index in [0.717, 1.165) is 20.1 Å². The van der Waals surface area contributed by atoms with Crippen molar-refractivity contribution in [1.29, 1.82) is 0 Å². The molecule has 1 amide bonds. The first-order valence-corrected chi connectivity index (χ1v) is 12.2. The van der Waals surface area contributed by atoms with Crippen LogP contribution in [0.15, 0.2) is 93.0 Å². The van der Waals surface area contributed by atoms with Gasteiger partial charge in [-0.15, -0.1) is 0 Å². The van der Waals surface area contributed by atoms with E-state index < -0.39 is 16.5 Å². The van der Waals surface area contributed by atoms with Crippen LogP contribution in [-0.4, -0.2) is 26.8 Å². The molecule has 0 aliphatic heterocycles. The predicted octanol–water partition coefficient (Wildman–Crippen LogP) is 5.71. The molecule has 0 aliphatic rings. The highest BCUT2D eigenvalue weighted by Gasteiger charge is 2.25. The molecule has 0 bridgehead atoms. The number of hydrogen-bond acceptors (Lipinski definition) is 6. The van der Waals surface area contributed by atoms with E-state index in [1.54, 1.807) is 12.1 Å². The number of nitrogens with one attached hydrogen (secondary N) is 1. The number of para-hydroxylation sites is 1. The van der Waals surface area contributed by atoms with Crippen LogP contribution in [0.3, 0.4) is 0 Å². The zero-order valence-corrected chi connectivity index (χ0v) is 21.8. The number of ether oxygens (including phenoxy) is 1. The topological polar surface area (TPSA) is 112 Å². The molecule has 1 heterocycles. The summed E-state index contributed by atoms with van der Waals surface area (Å²) in [6, 6.07) is 22.4. The first kappa shape index (κ1) is 25.3. The Balaban J connectivity index is 1.44. The van der Waals surface area contributed by atoms with Gasteiger partial charge in [0.15, 0.2) is 0 Å². The third-order valence-corrected chi connectivity index (χ3v) is 6.01. The van der Waals surface area contributed by atoms with E-state index in [0.29, 0.717) is 17.9 Å². The van der Waals surface area contributed by atoms with Gasteiger partial charge in [0.1, 0.15) is 18.6 Å². The Bertz CT molecular complexity index is 1420. The molecule has 0 radical (unpaired) electrons. The summed E-state index contributed by atoms with van der Waals surface area (Å²) >= 11 is 6.79. The monoisotopic (exact) mass is 611 g/mol. The van der Waals surface area contributed by atoms with Crippen LogP contribution < -0.4 is 10.2 Å². The number of nitro groups is 1. The second-order valence-corrected chi connectivity index (χ2v) is 9.43. The molecule has 1 N–H and O–H groups in total. The number of benzene rings is 3. The molecule has 4 rings (SSSR count). The van der Waals surface area contributed by atoms with Gasteiger partial charge in [-0.3, -0.25) is 19.6 Å². The number of nitrogens with zero attached hydrogens (tertiary/aromatic N) is 4. The van der Waals surface area contributed by atoms with Gasteiger partial charge in [0.25, 0.3) is 5.91 Å². The molecule has 0 aliphatic carbocycles. The zero-order valence-electron chi connectivity index (χ0n) is 18.7. The van der Waals surface area contributed by atoms with Gasteiger partial charge in [-0.2, -0.15) is 10.2 Å². The van der Waals surface area contributed by atoms with Crippen LogP contribution in [0, 0.1) is 10.1 Å². The van der Waals surface area contributed by atoms with E-state index in [1.807, 2.05) is 60.7 Å². The van der Waals surface area contributed by atoms with Gasteiger partial charge in [0.2, 0.25) is 5.69 Å². The number of hydrogen-bond donors (Lipinski definition) is 1. The quantitative estimate of drug-likeness (QED) is 0.148. The maximum atomic E-state index is 12.7. The van der Waals surface area contributed by atoms with Gasteiger partial charge in [0, 0.05) is 14.5 Å². The highest BCUT2D eigenvalue weighted by atomic mass is 79.9. The number of carbonyl (C=O) groups is 1. The van der Waals surface area contributed by atoms with Crippen LogP contribution in [0.5, 0.6) is 5.75 Å². The second kappa shape index (κ2) is 11.7. The van der Waals surface area contributed by atoms with Crippen molar-refractivity contribution in [1.82, 2.24) is 15.2 Å². The lowest BCUT2D eigenvalue weighted by Gasteiger charge is -2.09. The highest BCUT2D eigenvalue weighted by Crippen LogP contribution is 2.20. The minimum Gasteiger partial charge on any atom is -0.488 e. The van der Waals surface area contributed by atoms with Crippen molar-refractivity contribution in [2.24, 2.45) is 5.10 Å². The van der Waals surface area contributed by atoms with Crippen molar-refractivity contribution in [2.45, 2.75) is 13.2 Å². The summed E-state index contributed by atoms with van der Waals surface area (Å²) in [6.45, 7) is 0.617. The average molecular weight is 613 g/mol. The van der Waals surface area contributed by atoms with E-state index in [-0.39, 0.29) is 12.2 Å². The molecule has 3 aromatic carbocycles. The predicted molar refractivity (Wildman–Crippen MR) is 142 cm³/mol. The van der Waals surface area contributed by atoms with Gasteiger partial charge in [0.05, 0.1) is 17.7 Å². The number of rotatable bonds is 9. The Morgan fingerprint density at radius 3 is 2.58 bits per heavy atom. The van der Waals surface area contributed by atoms with Crippen molar-refractivity contribution in [3.63, 3.8) is 0 Å². The average Bonchev–Trinajstić information content (AvgIpc) is 3.29. The maximum absolute atomic E-state index is 12.7. The smallest absolute Gasteiger partial charge is 0.320 e. The van der Waals surface area contributed by atoms with Crippen LogP contribution in [0.2, 0.25) is 0 Å². The van der Waals surface area contributed by atoms with Gasteiger partial charge >= 0.3 is 5.69 Å². The van der Waals surface area contributed by atoms with Crippen molar-refractivity contribution < 1.29 is 14.5 Å². The minimum absolute atomic E-state index is 0.264. The lowest BCUT2D eigenvalue weighted by atomic mass is 10.2. The van der Waals surface area contributed by atoms with Crippen LogP contribution >= 0.6 is 31.9 Å². The highest BCUT2D eigenvalue weighted by molar-refractivity contribution is 9.10. The SMILES string of the molecule is O=C(N/N=C\c1ccccc1OCc1ccc(Br)cc1)c1nn(Cc2cccc(Br)c2)cc1[N+](=O)[O-]. The van der Waals surface area contributed by atoms with Crippen LogP contribution in [0.4, 0.5) is 5.69 Å². The first-order valence-electron chi connectivity index (χ1n) is 10.6. The molecule has 182 valence electrons. The molecule has 0 saturated carbocycles. The van der Waals surface area contributed by atoms with E-state index in [1.165, 1.54) is 17.1 Å². The van der Waals surface area contributed by atoms with Gasteiger partial charge < -0.3 is 4.74 Å². The fourth-order valence-corrected chi connectivity index (χ4v) is 3.99. The largest absolute Gasteiger partial charge is 0.488 e. The first-order chi connectivity index (χ1) is 17.4. The molecule has 11 heteroatoms. The molecule has 0 atom stereocenters. The summed E-state index contributed by atoms with van der Waals surface area (Å²) in [5.74, 6) is -0.220. The maximum Gasteiger partial charge on any atom is 0.320 e. The van der Waals surface area contributed by atoms with E-state index in [9.17, 15) is 14.9 Å². The zero-order chi connectivity index (χ0) is 25.5. The van der Waals surface area contributed by atoms with E-state index >= 15 is 0 Å². The summed E-state index contributed by atoms with van der Waals surface area (Å²) in [5.41, 5.74) is 4.07. The fraction of sp³-hybridized carbons (Fsp3) is 0.0800. The van der Waals surface area contributed by atoms with Crippen molar-refractivity contribution >= 4 is 49.7 Å². The molecule has 0 saturated heterocycles. The number of hydrazone groups is 1. The van der Waals surface area contributed by atoms with E-state index in [4.69, 9.17) is 4.74 Å². The third-order valence-electron chi connectivity index (χ3n) is 4.98. The Kier molecular flexibility index (Phi) is 8.24. The van der Waals surface area contributed by atoms with Gasteiger partial charge in [-0.05, 0) is 47.5 Å². The van der Waals surface area contributed by atoms with Crippen LogP contribution in [0.1, 0.15) is 27.2 Å². The molecule has 0 fully saturated rings. The Morgan fingerprint density at radius 2 is 1.83 bits per heavy atom. The summed E-state index contributed by atoms with van der Waals surface area (Å²) < 4.78 is 9.10. The molecule has 9 nitrogen and oxygen atoms in total.